The lowest BCUT2D eigenvalue weighted by Crippen LogP contribution is -2.41. The lowest BCUT2D eigenvalue weighted by atomic mass is 10.3. The van der Waals surface area contributed by atoms with Crippen LogP contribution in [-0.4, -0.2) is 36.4 Å². The third-order valence-corrected chi connectivity index (χ3v) is 3.61. The Labute approximate surface area is 123 Å². The van der Waals surface area contributed by atoms with Crippen molar-refractivity contribution in [3.05, 3.63) is 30.3 Å². The van der Waals surface area contributed by atoms with Gasteiger partial charge in [-0.2, -0.15) is 0 Å². The maximum atomic E-state index is 11.8. The molecule has 1 saturated carbocycles. The van der Waals surface area contributed by atoms with E-state index in [2.05, 4.69) is 10.6 Å². The Bertz CT molecular complexity index is 504. The van der Waals surface area contributed by atoms with Crippen molar-refractivity contribution < 1.29 is 9.53 Å². The molecule has 1 aromatic rings. The summed E-state index contributed by atoms with van der Waals surface area (Å²) in [5, 5.41) is 6.94. The molecule has 0 spiro atoms. The van der Waals surface area contributed by atoms with E-state index in [1.54, 1.807) is 4.90 Å². The van der Waals surface area contributed by atoms with Gasteiger partial charge in [0.2, 0.25) is 0 Å². The highest BCUT2D eigenvalue weighted by Gasteiger charge is 2.32. The minimum Gasteiger partial charge on any atom is -0.442 e. The lowest BCUT2D eigenvalue weighted by Gasteiger charge is -2.14. The minimum absolute atomic E-state index is 0.179. The van der Waals surface area contributed by atoms with Gasteiger partial charge in [-0.05, 0) is 37.2 Å². The summed E-state index contributed by atoms with van der Waals surface area (Å²) in [6.07, 6.45) is 1.88. The second-order valence-corrected chi connectivity index (χ2v) is 5.49. The summed E-state index contributed by atoms with van der Waals surface area (Å²) in [6, 6.07) is 10.1. The number of amides is 1. The fourth-order valence-corrected chi connectivity index (χ4v) is 2.37. The topological polar surface area (TPSA) is 53.6 Å². The van der Waals surface area contributed by atoms with Crippen molar-refractivity contribution in [1.29, 1.82) is 0 Å². The van der Waals surface area contributed by atoms with Crippen LogP contribution in [0.2, 0.25) is 0 Å². The van der Waals surface area contributed by atoms with E-state index in [4.69, 9.17) is 17.0 Å². The third-order valence-electron chi connectivity index (χ3n) is 3.34. The van der Waals surface area contributed by atoms with Crippen LogP contribution in [0.5, 0.6) is 0 Å². The Kier molecular flexibility index (Phi) is 3.73. The van der Waals surface area contributed by atoms with Crippen molar-refractivity contribution in [2.45, 2.75) is 25.0 Å². The van der Waals surface area contributed by atoms with E-state index in [9.17, 15) is 4.79 Å². The van der Waals surface area contributed by atoms with Crippen molar-refractivity contribution in [2.24, 2.45) is 0 Å². The molecule has 3 rings (SSSR count). The number of para-hydroxylation sites is 1. The van der Waals surface area contributed by atoms with Gasteiger partial charge in [0.15, 0.2) is 5.11 Å². The summed E-state index contributed by atoms with van der Waals surface area (Å²) in [7, 11) is 0. The van der Waals surface area contributed by atoms with Gasteiger partial charge >= 0.3 is 6.09 Å². The predicted molar refractivity (Wildman–Crippen MR) is 80.8 cm³/mol. The largest absolute Gasteiger partial charge is 0.442 e. The van der Waals surface area contributed by atoms with Crippen LogP contribution in [-0.2, 0) is 4.74 Å². The first-order valence-electron chi connectivity index (χ1n) is 6.80. The van der Waals surface area contributed by atoms with Gasteiger partial charge in [0.05, 0.1) is 13.1 Å². The molecule has 0 radical (unpaired) electrons. The highest BCUT2D eigenvalue weighted by atomic mass is 32.1. The molecule has 1 heterocycles. The quantitative estimate of drug-likeness (QED) is 0.826. The molecule has 2 fully saturated rings. The molecule has 6 heteroatoms. The van der Waals surface area contributed by atoms with Gasteiger partial charge in [-0.15, -0.1) is 0 Å². The van der Waals surface area contributed by atoms with Crippen LogP contribution in [0.25, 0.3) is 0 Å². The molecule has 0 bridgehead atoms. The zero-order valence-corrected chi connectivity index (χ0v) is 11.9. The summed E-state index contributed by atoms with van der Waals surface area (Å²) in [4.78, 5) is 13.5. The van der Waals surface area contributed by atoms with Gasteiger partial charge in [0.1, 0.15) is 6.10 Å². The molecule has 2 aliphatic rings. The molecular formula is C14H17N3O2S. The van der Waals surface area contributed by atoms with Crippen molar-refractivity contribution >= 4 is 29.1 Å². The van der Waals surface area contributed by atoms with Crippen LogP contribution in [0.1, 0.15) is 12.8 Å². The number of thiocarbonyl (C=S) groups is 1. The molecule has 1 saturated heterocycles. The Hall–Kier alpha value is -1.82. The average Bonchev–Trinajstić information content (AvgIpc) is 3.18. The zero-order valence-electron chi connectivity index (χ0n) is 11.0. The number of carbonyl (C=O) groups is 1. The fourth-order valence-electron chi connectivity index (χ4n) is 2.12. The van der Waals surface area contributed by atoms with E-state index >= 15 is 0 Å². The smallest absolute Gasteiger partial charge is 0.414 e. The summed E-state index contributed by atoms with van der Waals surface area (Å²) < 4.78 is 5.34. The SMILES string of the molecule is O=C1O[C@@H](CNC(=S)NC2CC2)CN1c1ccccc1. The molecule has 2 N–H and O–H groups in total. The number of hydrogen-bond acceptors (Lipinski definition) is 3. The Morgan fingerprint density at radius 3 is 2.80 bits per heavy atom. The first-order valence-corrected chi connectivity index (χ1v) is 7.21. The first kappa shape index (κ1) is 13.2. The molecule has 1 aliphatic carbocycles. The molecule has 20 heavy (non-hydrogen) atoms. The Balaban J connectivity index is 1.50. The van der Waals surface area contributed by atoms with Crippen molar-refractivity contribution in [1.82, 2.24) is 10.6 Å². The van der Waals surface area contributed by atoms with Crippen LogP contribution < -0.4 is 15.5 Å². The van der Waals surface area contributed by atoms with E-state index in [-0.39, 0.29) is 12.2 Å². The highest BCUT2D eigenvalue weighted by molar-refractivity contribution is 7.80. The van der Waals surface area contributed by atoms with Crippen LogP contribution in [0, 0.1) is 0 Å². The van der Waals surface area contributed by atoms with E-state index < -0.39 is 0 Å². The van der Waals surface area contributed by atoms with E-state index in [1.807, 2.05) is 30.3 Å². The van der Waals surface area contributed by atoms with Crippen LogP contribution >= 0.6 is 12.2 Å². The first-order chi connectivity index (χ1) is 9.72. The standard InChI is InChI=1S/C14H17N3O2S/c18-14-17(11-4-2-1-3-5-11)9-12(19-14)8-15-13(20)16-10-6-7-10/h1-5,10,12H,6-9H2,(H2,15,16,20)/t12-/m0/s1. The van der Waals surface area contributed by atoms with Gasteiger partial charge in [-0.3, -0.25) is 4.90 Å². The Morgan fingerprint density at radius 2 is 2.10 bits per heavy atom. The number of nitrogens with zero attached hydrogens (tertiary/aromatic N) is 1. The monoisotopic (exact) mass is 291 g/mol. The predicted octanol–water partition coefficient (Wildman–Crippen LogP) is 1.64. The van der Waals surface area contributed by atoms with Gasteiger partial charge in [-0.25, -0.2) is 4.79 Å². The molecular weight excluding hydrogens is 274 g/mol. The summed E-state index contributed by atoms with van der Waals surface area (Å²) >= 11 is 5.18. The number of benzene rings is 1. The van der Waals surface area contributed by atoms with Gasteiger partial charge in [-0.1, -0.05) is 18.2 Å². The summed E-state index contributed by atoms with van der Waals surface area (Å²) in [5.41, 5.74) is 0.860. The molecule has 106 valence electrons. The average molecular weight is 291 g/mol. The number of cyclic esters (lactones) is 1. The van der Waals surface area contributed by atoms with Gasteiger partial charge in [0, 0.05) is 11.7 Å². The Morgan fingerprint density at radius 1 is 1.35 bits per heavy atom. The van der Waals surface area contributed by atoms with Gasteiger partial charge in [0.25, 0.3) is 0 Å². The van der Waals surface area contributed by atoms with Crippen LogP contribution in [0.3, 0.4) is 0 Å². The second kappa shape index (κ2) is 5.66. The maximum absolute atomic E-state index is 11.8. The molecule has 1 aliphatic heterocycles. The van der Waals surface area contributed by atoms with Gasteiger partial charge < -0.3 is 15.4 Å². The highest BCUT2D eigenvalue weighted by Crippen LogP contribution is 2.21. The number of anilines is 1. The summed E-state index contributed by atoms with van der Waals surface area (Å²) in [6.45, 7) is 1.08. The maximum Gasteiger partial charge on any atom is 0.414 e. The second-order valence-electron chi connectivity index (χ2n) is 5.08. The number of hydrogen-bond donors (Lipinski definition) is 2. The van der Waals surface area contributed by atoms with Crippen molar-refractivity contribution in [2.75, 3.05) is 18.0 Å². The van der Waals surface area contributed by atoms with Crippen LogP contribution in [0.15, 0.2) is 30.3 Å². The van der Waals surface area contributed by atoms with E-state index in [0.717, 1.165) is 5.69 Å². The lowest BCUT2D eigenvalue weighted by molar-refractivity contribution is 0.143. The minimum atomic E-state index is -0.302. The molecule has 1 aromatic carbocycles. The third kappa shape index (κ3) is 3.19. The fraction of sp³-hybridized carbons (Fsp3) is 0.429. The normalized spacial score (nSPS) is 21.5. The number of nitrogens with one attached hydrogen (secondary N) is 2. The number of rotatable bonds is 4. The van der Waals surface area contributed by atoms with E-state index in [1.165, 1.54) is 12.8 Å². The molecule has 1 amide bonds. The van der Waals surface area contributed by atoms with E-state index in [0.29, 0.717) is 24.2 Å². The number of carbonyl (C=O) groups excluding carboxylic acids is 1. The van der Waals surface area contributed by atoms with Crippen molar-refractivity contribution in [3.63, 3.8) is 0 Å². The molecule has 0 aromatic heterocycles. The van der Waals surface area contributed by atoms with Crippen molar-refractivity contribution in [3.8, 4) is 0 Å². The van der Waals surface area contributed by atoms with Crippen LogP contribution in [0.4, 0.5) is 10.5 Å². The molecule has 5 nitrogen and oxygen atoms in total. The molecule has 1 atom stereocenters. The summed E-state index contributed by atoms with van der Waals surface area (Å²) in [5.74, 6) is 0. The molecule has 0 unspecified atom stereocenters. The number of ether oxygens (including phenoxy) is 1. The zero-order chi connectivity index (χ0) is 13.9.